The van der Waals surface area contributed by atoms with Crippen LogP contribution in [0.15, 0.2) is 16.9 Å². The van der Waals surface area contributed by atoms with Gasteiger partial charge in [-0.1, -0.05) is 13.3 Å². The number of hydrogen-bond donors (Lipinski definition) is 0. The molecule has 0 aliphatic rings. The summed E-state index contributed by atoms with van der Waals surface area (Å²) in [6.07, 6.45) is 4.95. The second-order valence-corrected chi connectivity index (χ2v) is 3.60. The molecule has 0 spiro atoms. The SMILES string of the molecule is CCCCc1ccnc(Br)c1C#N. The lowest BCUT2D eigenvalue weighted by Gasteiger charge is -2.02. The van der Waals surface area contributed by atoms with Crippen LogP contribution in [0.25, 0.3) is 0 Å². The van der Waals surface area contributed by atoms with Crippen LogP contribution in [0.4, 0.5) is 0 Å². The summed E-state index contributed by atoms with van der Waals surface area (Å²) in [5.74, 6) is 0. The zero-order chi connectivity index (χ0) is 9.68. The van der Waals surface area contributed by atoms with Crippen molar-refractivity contribution in [3.05, 3.63) is 28.0 Å². The van der Waals surface area contributed by atoms with E-state index in [0.29, 0.717) is 10.2 Å². The first-order valence-corrected chi connectivity index (χ1v) is 5.12. The van der Waals surface area contributed by atoms with Crippen LogP contribution < -0.4 is 0 Å². The van der Waals surface area contributed by atoms with Gasteiger partial charge in [-0.15, -0.1) is 0 Å². The summed E-state index contributed by atoms with van der Waals surface area (Å²) in [6, 6.07) is 4.08. The summed E-state index contributed by atoms with van der Waals surface area (Å²) in [5.41, 5.74) is 1.77. The van der Waals surface area contributed by atoms with Crippen molar-refractivity contribution in [3.63, 3.8) is 0 Å². The smallest absolute Gasteiger partial charge is 0.124 e. The molecular weight excluding hydrogens is 228 g/mol. The maximum Gasteiger partial charge on any atom is 0.124 e. The Morgan fingerprint density at radius 3 is 3.00 bits per heavy atom. The fourth-order valence-corrected chi connectivity index (χ4v) is 1.63. The second kappa shape index (κ2) is 4.98. The molecule has 2 nitrogen and oxygen atoms in total. The van der Waals surface area contributed by atoms with Gasteiger partial charge in [0.2, 0.25) is 0 Å². The van der Waals surface area contributed by atoms with E-state index in [1.54, 1.807) is 6.20 Å². The van der Waals surface area contributed by atoms with Gasteiger partial charge in [-0.25, -0.2) is 4.98 Å². The Morgan fingerprint density at radius 1 is 1.62 bits per heavy atom. The molecule has 13 heavy (non-hydrogen) atoms. The van der Waals surface area contributed by atoms with Gasteiger partial charge in [-0.05, 0) is 40.4 Å². The highest BCUT2D eigenvalue weighted by atomic mass is 79.9. The largest absolute Gasteiger partial charge is 0.248 e. The third-order valence-corrected chi connectivity index (χ3v) is 2.50. The molecule has 0 saturated carbocycles. The van der Waals surface area contributed by atoms with Gasteiger partial charge in [0.15, 0.2) is 0 Å². The van der Waals surface area contributed by atoms with Crippen LogP contribution in [0.2, 0.25) is 0 Å². The molecule has 1 aromatic rings. The number of halogens is 1. The number of aromatic nitrogens is 1. The molecule has 0 saturated heterocycles. The van der Waals surface area contributed by atoms with Crippen LogP contribution in [0.5, 0.6) is 0 Å². The van der Waals surface area contributed by atoms with E-state index in [2.05, 4.69) is 33.9 Å². The van der Waals surface area contributed by atoms with Crippen molar-refractivity contribution in [2.75, 3.05) is 0 Å². The van der Waals surface area contributed by atoms with Crippen LogP contribution in [0.1, 0.15) is 30.9 Å². The van der Waals surface area contributed by atoms with E-state index in [9.17, 15) is 0 Å². The molecule has 1 heterocycles. The van der Waals surface area contributed by atoms with E-state index in [0.717, 1.165) is 24.8 Å². The molecule has 0 aliphatic carbocycles. The Bertz CT molecular complexity index is 328. The molecule has 0 fully saturated rings. The van der Waals surface area contributed by atoms with Gasteiger partial charge in [0, 0.05) is 6.20 Å². The molecule has 68 valence electrons. The maximum atomic E-state index is 8.88. The van der Waals surface area contributed by atoms with E-state index in [1.807, 2.05) is 6.07 Å². The average molecular weight is 239 g/mol. The van der Waals surface area contributed by atoms with E-state index in [4.69, 9.17) is 5.26 Å². The van der Waals surface area contributed by atoms with Gasteiger partial charge in [0.25, 0.3) is 0 Å². The highest BCUT2D eigenvalue weighted by Crippen LogP contribution is 2.18. The minimum absolute atomic E-state index is 0.656. The standard InChI is InChI=1S/C10H11BrN2/c1-2-3-4-8-5-6-13-10(11)9(8)7-12/h5-6H,2-4H2,1H3. The summed E-state index contributed by atoms with van der Waals surface area (Å²) >= 11 is 3.27. The van der Waals surface area contributed by atoms with Crippen molar-refractivity contribution >= 4 is 15.9 Å². The Balaban J connectivity index is 2.93. The Morgan fingerprint density at radius 2 is 2.38 bits per heavy atom. The number of nitrogens with zero attached hydrogens (tertiary/aromatic N) is 2. The van der Waals surface area contributed by atoms with Gasteiger partial charge >= 0.3 is 0 Å². The molecule has 0 amide bonds. The van der Waals surface area contributed by atoms with Gasteiger partial charge < -0.3 is 0 Å². The third kappa shape index (κ3) is 2.53. The van der Waals surface area contributed by atoms with Crippen molar-refractivity contribution < 1.29 is 0 Å². The first-order chi connectivity index (χ1) is 6.29. The average Bonchev–Trinajstić information content (AvgIpc) is 2.15. The van der Waals surface area contributed by atoms with Crippen molar-refractivity contribution in [2.24, 2.45) is 0 Å². The summed E-state index contributed by atoms with van der Waals surface area (Å²) < 4.78 is 0.656. The van der Waals surface area contributed by atoms with Crippen molar-refractivity contribution in [3.8, 4) is 6.07 Å². The van der Waals surface area contributed by atoms with Crippen LogP contribution in [-0.4, -0.2) is 4.98 Å². The minimum Gasteiger partial charge on any atom is -0.248 e. The van der Waals surface area contributed by atoms with Crippen molar-refractivity contribution in [2.45, 2.75) is 26.2 Å². The third-order valence-electron chi connectivity index (χ3n) is 1.90. The van der Waals surface area contributed by atoms with Crippen LogP contribution in [0.3, 0.4) is 0 Å². The van der Waals surface area contributed by atoms with Gasteiger partial charge in [0.05, 0.1) is 5.56 Å². The number of hydrogen-bond acceptors (Lipinski definition) is 2. The molecule has 3 heteroatoms. The monoisotopic (exact) mass is 238 g/mol. The lowest BCUT2D eigenvalue weighted by atomic mass is 10.1. The van der Waals surface area contributed by atoms with Crippen LogP contribution >= 0.6 is 15.9 Å². The number of nitriles is 1. The number of aryl methyl sites for hydroxylation is 1. The highest BCUT2D eigenvalue weighted by Gasteiger charge is 2.05. The zero-order valence-electron chi connectivity index (χ0n) is 7.55. The molecule has 0 N–H and O–H groups in total. The van der Waals surface area contributed by atoms with E-state index >= 15 is 0 Å². The number of unbranched alkanes of at least 4 members (excludes halogenated alkanes) is 1. The van der Waals surface area contributed by atoms with E-state index in [-0.39, 0.29) is 0 Å². The van der Waals surface area contributed by atoms with E-state index in [1.165, 1.54) is 0 Å². The Labute approximate surface area is 86.7 Å². The lowest BCUT2D eigenvalue weighted by molar-refractivity contribution is 0.791. The Kier molecular flexibility index (Phi) is 3.91. The Hall–Kier alpha value is -0.880. The molecule has 0 aromatic carbocycles. The van der Waals surface area contributed by atoms with Gasteiger partial charge in [-0.3, -0.25) is 0 Å². The lowest BCUT2D eigenvalue weighted by Crippen LogP contribution is -1.93. The first-order valence-electron chi connectivity index (χ1n) is 4.33. The predicted octanol–water partition coefficient (Wildman–Crippen LogP) is 3.06. The summed E-state index contributed by atoms with van der Waals surface area (Å²) in [4.78, 5) is 4.01. The zero-order valence-corrected chi connectivity index (χ0v) is 9.13. The number of pyridine rings is 1. The summed E-state index contributed by atoms with van der Waals surface area (Å²) in [5, 5.41) is 8.88. The highest BCUT2D eigenvalue weighted by molar-refractivity contribution is 9.10. The topological polar surface area (TPSA) is 36.7 Å². The fraction of sp³-hybridized carbons (Fsp3) is 0.400. The molecule has 0 unspecified atom stereocenters. The van der Waals surface area contributed by atoms with Crippen molar-refractivity contribution in [1.82, 2.24) is 4.98 Å². The second-order valence-electron chi connectivity index (χ2n) is 2.85. The molecule has 1 rings (SSSR count). The summed E-state index contributed by atoms with van der Waals surface area (Å²) in [7, 11) is 0. The first kappa shape index (κ1) is 10.2. The molecular formula is C10H11BrN2. The van der Waals surface area contributed by atoms with Crippen LogP contribution in [0, 0.1) is 11.3 Å². The van der Waals surface area contributed by atoms with Gasteiger partial charge in [0.1, 0.15) is 10.7 Å². The summed E-state index contributed by atoms with van der Waals surface area (Å²) in [6.45, 7) is 2.14. The van der Waals surface area contributed by atoms with Crippen LogP contribution in [-0.2, 0) is 6.42 Å². The molecule has 0 atom stereocenters. The quantitative estimate of drug-likeness (QED) is 0.760. The fourth-order valence-electron chi connectivity index (χ4n) is 1.17. The molecule has 0 bridgehead atoms. The number of rotatable bonds is 3. The predicted molar refractivity (Wildman–Crippen MR) is 55.3 cm³/mol. The minimum atomic E-state index is 0.656. The van der Waals surface area contributed by atoms with Crippen molar-refractivity contribution in [1.29, 1.82) is 5.26 Å². The van der Waals surface area contributed by atoms with E-state index < -0.39 is 0 Å². The molecule has 0 aliphatic heterocycles. The van der Waals surface area contributed by atoms with Gasteiger partial charge in [-0.2, -0.15) is 5.26 Å². The normalized spacial score (nSPS) is 9.62. The maximum absolute atomic E-state index is 8.88. The molecule has 0 radical (unpaired) electrons. The molecule has 1 aromatic heterocycles.